The Labute approximate surface area is 208 Å². The molecule has 10 nitrogen and oxygen atoms in total. The lowest BCUT2D eigenvalue weighted by molar-refractivity contribution is 0.0608. The Kier molecular flexibility index (Phi) is 6.51. The highest BCUT2D eigenvalue weighted by molar-refractivity contribution is 6.04. The van der Waals surface area contributed by atoms with E-state index in [0.717, 1.165) is 11.3 Å². The number of aromatic nitrogens is 4. The van der Waals surface area contributed by atoms with Gasteiger partial charge in [0.15, 0.2) is 5.69 Å². The largest absolute Gasteiger partial charge is 0.497 e. The summed E-state index contributed by atoms with van der Waals surface area (Å²) in [4.78, 5) is 34.7. The van der Waals surface area contributed by atoms with Crippen LogP contribution in [0.1, 0.15) is 36.3 Å². The zero-order chi connectivity index (χ0) is 25.2. The summed E-state index contributed by atoms with van der Waals surface area (Å²) in [6, 6.07) is 14.5. The van der Waals surface area contributed by atoms with Crippen molar-refractivity contribution in [3.63, 3.8) is 0 Å². The lowest BCUT2D eigenvalue weighted by Crippen LogP contribution is -2.48. The zero-order valence-electron chi connectivity index (χ0n) is 20.5. The summed E-state index contributed by atoms with van der Waals surface area (Å²) in [5, 5.41) is 9.65. The molecule has 1 aliphatic rings. The zero-order valence-corrected chi connectivity index (χ0v) is 20.5. The van der Waals surface area contributed by atoms with Gasteiger partial charge in [-0.05, 0) is 44.2 Å². The standard InChI is InChI=1S/C26H28N6O4/c1-17(2)32-25(33)21-7-5-4-6-20(21)23(28-32)26(34)31-14-12-30(13-15-31)16-22-27-24(29-36-22)18-8-10-19(35-3)11-9-18/h4-11,17H,12-16H2,1-3H3. The molecule has 1 saturated heterocycles. The lowest BCUT2D eigenvalue weighted by atomic mass is 10.1. The van der Waals surface area contributed by atoms with Gasteiger partial charge in [0.25, 0.3) is 11.5 Å². The Morgan fingerprint density at radius 2 is 1.72 bits per heavy atom. The van der Waals surface area contributed by atoms with Gasteiger partial charge in [-0.15, -0.1) is 0 Å². The summed E-state index contributed by atoms with van der Waals surface area (Å²) >= 11 is 0. The van der Waals surface area contributed by atoms with Crippen LogP contribution in [-0.4, -0.2) is 68.9 Å². The maximum Gasteiger partial charge on any atom is 0.275 e. The number of hydrogen-bond acceptors (Lipinski definition) is 8. The monoisotopic (exact) mass is 488 g/mol. The molecule has 4 aromatic rings. The van der Waals surface area contributed by atoms with Gasteiger partial charge in [-0.3, -0.25) is 14.5 Å². The molecule has 0 bridgehead atoms. The number of piperazine rings is 1. The topological polar surface area (TPSA) is 107 Å². The van der Waals surface area contributed by atoms with Crippen molar-refractivity contribution >= 4 is 16.7 Å². The highest BCUT2D eigenvalue weighted by Crippen LogP contribution is 2.21. The molecule has 2 aromatic heterocycles. The number of methoxy groups -OCH3 is 1. The van der Waals surface area contributed by atoms with E-state index in [2.05, 4.69) is 20.1 Å². The van der Waals surface area contributed by atoms with E-state index >= 15 is 0 Å². The first-order valence-corrected chi connectivity index (χ1v) is 11.9. The SMILES string of the molecule is COc1ccc(-c2noc(CN3CCN(C(=O)c4nn(C(C)C)c(=O)c5ccccc45)CC3)n2)cc1. The van der Waals surface area contributed by atoms with E-state index in [1.165, 1.54) is 4.68 Å². The second kappa shape index (κ2) is 9.90. The first-order valence-electron chi connectivity index (χ1n) is 11.9. The van der Waals surface area contributed by atoms with Gasteiger partial charge in [0.2, 0.25) is 11.7 Å². The molecule has 2 aromatic carbocycles. The fourth-order valence-electron chi connectivity index (χ4n) is 4.34. The van der Waals surface area contributed by atoms with Gasteiger partial charge in [0, 0.05) is 37.1 Å². The van der Waals surface area contributed by atoms with Crippen molar-refractivity contribution in [1.29, 1.82) is 0 Å². The number of ether oxygens (including phenoxy) is 1. The molecule has 1 fully saturated rings. The second-order valence-corrected chi connectivity index (χ2v) is 9.05. The average Bonchev–Trinajstić information content (AvgIpc) is 3.37. The Morgan fingerprint density at radius 3 is 2.39 bits per heavy atom. The third-order valence-electron chi connectivity index (χ3n) is 6.35. The molecule has 0 spiro atoms. The Hall–Kier alpha value is -4.05. The number of rotatable bonds is 6. The molecule has 3 heterocycles. The van der Waals surface area contributed by atoms with Crippen LogP contribution in [0.2, 0.25) is 0 Å². The number of carbonyl (C=O) groups excluding carboxylic acids is 1. The molecule has 0 N–H and O–H groups in total. The van der Waals surface area contributed by atoms with E-state index in [1.807, 2.05) is 44.2 Å². The lowest BCUT2D eigenvalue weighted by Gasteiger charge is -2.34. The molecule has 5 rings (SSSR count). The molecule has 1 amide bonds. The minimum absolute atomic E-state index is 0.150. The molecular weight excluding hydrogens is 460 g/mol. The number of amides is 1. The van der Waals surface area contributed by atoms with Gasteiger partial charge in [0.1, 0.15) is 5.75 Å². The van der Waals surface area contributed by atoms with Gasteiger partial charge < -0.3 is 14.2 Å². The van der Waals surface area contributed by atoms with Gasteiger partial charge in [-0.25, -0.2) is 4.68 Å². The number of hydrogen-bond donors (Lipinski definition) is 0. The minimum atomic E-state index is -0.185. The molecule has 36 heavy (non-hydrogen) atoms. The fraction of sp³-hybridized carbons (Fsp3) is 0.346. The molecule has 1 aliphatic heterocycles. The van der Waals surface area contributed by atoms with Crippen LogP contribution in [0.5, 0.6) is 5.75 Å². The van der Waals surface area contributed by atoms with E-state index in [-0.39, 0.29) is 17.5 Å². The fourth-order valence-corrected chi connectivity index (χ4v) is 4.34. The van der Waals surface area contributed by atoms with Crippen LogP contribution in [0.15, 0.2) is 57.8 Å². The van der Waals surface area contributed by atoms with Crippen molar-refractivity contribution in [2.24, 2.45) is 0 Å². The van der Waals surface area contributed by atoms with E-state index in [4.69, 9.17) is 9.26 Å². The number of benzene rings is 2. The van der Waals surface area contributed by atoms with Crippen molar-refractivity contribution in [3.05, 3.63) is 70.5 Å². The number of carbonyl (C=O) groups is 1. The van der Waals surface area contributed by atoms with E-state index in [1.54, 1.807) is 30.2 Å². The Balaban J connectivity index is 1.26. The molecule has 0 aliphatic carbocycles. The van der Waals surface area contributed by atoms with Gasteiger partial charge in [-0.2, -0.15) is 10.1 Å². The van der Waals surface area contributed by atoms with Crippen LogP contribution in [0.4, 0.5) is 0 Å². The minimum Gasteiger partial charge on any atom is -0.497 e. The van der Waals surface area contributed by atoms with Gasteiger partial charge >= 0.3 is 0 Å². The average molecular weight is 489 g/mol. The predicted octanol–water partition coefficient (Wildman–Crippen LogP) is 2.99. The maximum absolute atomic E-state index is 13.5. The second-order valence-electron chi connectivity index (χ2n) is 9.05. The molecule has 0 saturated carbocycles. The van der Waals surface area contributed by atoms with Crippen molar-refractivity contribution in [1.82, 2.24) is 29.7 Å². The third kappa shape index (κ3) is 4.59. The Bertz CT molecular complexity index is 1440. The first kappa shape index (κ1) is 23.7. The third-order valence-corrected chi connectivity index (χ3v) is 6.35. The van der Waals surface area contributed by atoms with E-state index < -0.39 is 0 Å². The van der Waals surface area contributed by atoms with Crippen LogP contribution in [0, 0.1) is 0 Å². The highest BCUT2D eigenvalue weighted by Gasteiger charge is 2.27. The molecule has 10 heteroatoms. The van der Waals surface area contributed by atoms with Crippen molar-refractivity contribution in [3.8, 4) is 17.1 Å². The number of nitrogens with zero attached hydrogens (tertiary/aromatic N) is 6. The Morgan fingerprint density at radius 1 is 1.03 bits per heavy atom. The van der Waals surface area contributed by atoms with Gasteiger partial charge in [0.05, 0.1) is 25.1 Å². The molecule has 0 atom stereocenters. The van der Waals surface area contributed by atoms with Crippen LogP contribution in [0.3, 0.4) is 0 Å². The van der Waals surface area contributed by atoms with Crippen molar-refractivity contribution in [2.45, 2.75) is 26.4 Å². The highest BCUT2D eigenvalue weighted by atomic mass is 16.5. The summed E-state index contributed by atoms with van der Waals surface area (Å²) in [7, 11) is 1.62. The van der Waals surface area contributed by atoms with E-state index in [0.29, 0.717) is 60.9 Å². The van der Waals surface area contributed by atoms with Crippen molar-refractivity contribution in [2.75, 3.05) is 33.3 Å². The van der Waals surface area contributed by atoms with Crippen molar-refractivity contribution < 1.29 is 14.1 Å². The smallest absolute Gasteiger partial charge is 0.275 e. The quantitative estimate of drug-likeness (QED) is 0.408. The summed E-state index contributed by atoms with van der Waals surface area (Å²) in [5.74, 6) is 1.65. The predicted molar refractivity (Wildman–Crippen MR) is 134 cm³/mol. The summed E-state index contributed by atoms with van der Waals surface area (Å²) in [6.07, 6.45) is 0. The first-order chi connectivity index (χ1) is 17.4. The van der Waals surface area contributed by atoms with Gasteiger partial charge in [-0.1, -0.05) is 23.4 Å². The normalized spacial score (nSPS) is 14.5. The maximum atomic E-state index is 13.5. The van der Waals surface area contributed by atoms with Crippen LogP contribution < -0.4 is 10.3 Å². The van der Waals surface area contributed by atoms with Crippen LogP contribution >= 0.6 is 0 Å². The molecule has 0 unspecified atom stereocenters. The van der Waals surface area contributed by atoms with Crippen LogP contribution in [-0.2, 0) is 6.54 Å². The summed E-state index contributed by atoms with van der Waals surface area (Å²) < 4.78 is 12.0. The van der Waals surface area contributed by atoms with E-state index in [9.17, 15) is 9.59 Å². The molecular formula is C26H28N6O4. The summed E-state index contributed by atoms with van der Waals surface area (Å²) in [5.41, 5.74) is 0.979. The number of fused-ring (bicyclic) bond motifs is 1. The van der Waals surface area contributed by atoms with Crippen LogP contribution in [0.25, 0.3) is 22.2 Å². The molecule has 186 valence electrons. The molecule has 0 radical (unpaired) electrons. The summed E-state index contributed by atoms with van der Waals surface area (Å²) in [6.45, 7) is 6.66.